The molecule has 116 valence electrons. The summed E-state index contributed by atoms with van der Waals surface area (Å²) in [5.41, 5.74) is 0.453. The fourth-order valence-corrected chi connectivity index (χ4v) is 2.43. The summed E-state index contributed by atoms with van der Waals surface area (Å²) in [6.07, 6.45) is 5.45. The summed E-state index contributed by atoms with van der Waals surface area (Å²) in [7, 11) is 1.75. The van der Waals surface area contributed by atoms with E-state index in [-0.39, 0.29) is 12.1 Å². The van der Waals surface area contributed by atoms with Crippen LogP contribution in [0.5, 0.6) is 0 Å². The third-order valence-electron chi connectivity index (χ3n) is 4.01. The van der Waals surface area contributed by atoms with Crippen LogP contribution in [-0.4, -0.2) is 38.2 Å². The number of rotatable bonds is 7. The summed E-state index contributed by atoms with van der Waals surface area (Å²) in [4.78, 5) is 15.6. The van der Waals surface area contributed by atoms with Gasteiger partial charge in [0.15, 0.2) is 5.96 Å². The van der Waals surface area contributed by atoms with Crippen LogP contribution in [0.1, 0.15) is 52.9 Å². The smallest absolute Gasteiger partial charge is 0.307 e. The number of carbonyl (C=O) groups is 1. The molecule has 1 saturated carbocycles. The van der Waals surface area contributed by atoms with Gasteiger partial charge in [0.05, 0.1) is 12.5 Å². The first-order valence-corrected chi connectivity index (χ1v) is 7.65. The summed E-state index contributed by atoms with van der Waals surface area (Å²) in [5, 5.41) is 6.52. The maximum absolute atomic E-state index is 11.4. The molecule has 1 aliphatic carbocycles. The molecule has 0 aliphatic heterocycles. The van der Waals surface area contributed by atoms with Gasteiger partial charge < -0.3 is 15.4 Å². The highest BCUT2D eigenvalue weighted by molar-refractivity contribution is 5.80. The van der Waals surface area contributed by atoms with Crippen LogP contribution in [-0.2, 0) is 9.53 Å². The van der Waals surface area contributed by atoms with Crippen molar-refractivity contribution in [3.8, 4) is 0 Å². The molecule has 5 nitrogen and oxygen atoms in total. The van der Waals surface area contributed by atoms with Crippen molar-refractivity contribution >= 4 is 11.9 Å². The van der Waals surface area contributed by atoms with Crippen molar-refractivity contribution in [2.24, 2.45) is 10.4 Å². The van der Waals surface area contributed by atoms with Crippen LogP contribution < -0.4 is 10.6 Å². The van der Waals surface area contributed by atoms with Gasteiger partial charge in [0.25, 0.3) is 0 Å². The number of nitrogens with zero attached hydrogens (tertiary/aromatic N) is 1. The van der Waals surface area contributed by atoms with Crippen molar-refractivity contribution in [3.63, 3.8) is 0 Å². The second-order valence-electron chi connectivity index (χ2n) is 5.85. The third-order valence-corrected chi connectivity index (χ3v) is 4.01. The Bertz CT molecular complexity index is 331. The normalized spacial score (nSPS) is 17.6. The SMILES string of the molecule is CCC1(CNC(=NC)NCCC(=O)OC(C)C)CCC1. The van der Waals surface area contributed by atoms with E-state index in [9.17, 15) is 4.79 Å². The van der Waals surface area contributed by atoms with Gasteiger partial charge in [0, 0.05) is 20.1 Å². The lowest BCUT2D eigenvalue weighted by molar-refractivity contribution is -0.147. The predicted molar refractivity (Wildman–Crippen MR) is 81.8 cm³/mol. The van der Waals surface area contributed by atoms with Gasteiger partial charge >= 0.3 is 5.97 Å². The first-order valence-electron chi connectivity index (χ1n) is 7.65. The number of ether oxygens (including phenoxy) is 1. The molecule has 1 rings (SSSR count). The van der Waals surface area contributed by atoms with Crippen LogP contribution in [0.25, 0.3) is 0 Å². The summed E-state index contributed by atoms with van der Waals surface area (Å²) in [6, 6.07) is 0. The highest BCUT2D eigenvalue weighted by Gasteiger charge is 2.34. The fourth-order valence-electron chi connectivity index (χ4n) is 2.43. The maximum atomic E-state index is 11.4. The molecule has 0 bridgehead atoms. The summed E-state index contributed by atoms with van der Waals surface area (Å²) in [6.45, 7) is 7.46. The number of carbonyl (C=O) groups excluding carboxylic acids is 1. The number of aliphatic imine (C=N–C) groups is 1. The van der Waals surface area contributed by atoms with Gasteiger partial charge in [-0.15, -0.1) is 0 Å². The van der Waals surface area contributed by atoms with Crippen LogP contribution in [0.4, 0.5) is 0 Å². The van der Waals surface area contributed by atoms with Crippen LogP contribution in [0.2, 0.25) is 0 Å². The molecular weight excluding hydrogens is 254 g/mol. The van der Waals surface area contributed by atoms with Gasteiger partial charge in [-0.2, -0.15) is 0 Å². The molecule has 1 aliphatic rings. The van der Waals surface area contributed by atoms with Gasteiger partial charge in [-0.25, -0.2) is 0 Å². The van der Waals surface area contributed by atoms with E-state index in [2.05, 4.69) is 22.5 Å². The predicted octanol–water partition coefficient (Wildman–Crippen LogP) is 2.07. The standard InChI is InChI=1S/C15H29N3O2/c1-5-15(8-6-9-15)11-18-14(16-4)17-10-7-13(19)20-12(2)3/h12H,5-11H2,1-4H3,(H2,16,17,18). The third kappa shape index (κ3) is 5.39. The lowest BCUT2D eigenvalue weighted by Crippen LogP contribution is -2.46. The number of hydrogen-bond acceptors (Lipinski definition) is 3. The largest absolute Gasteiger partial charge is 0.463 e. The lowest BCUT2D eigenvalue weighted by Gasteiger charge is -2.41. The highest BCUT2D eigenvalue weighted by atomic mass is 16.5. The van der Waals surface area contributed by atoms with Crippen molar-refractivity contribution in [3.05, 3.63) is 0 Å². The molecule has 0 spiro atoms. The second kappa shape index (κ2) is 8.12. The van der Waals surface area contributed by atoms with Crippen molar-refractivity contribution in [2.45, 2.75) is 59.0 Å². The Balaban J connectivity index is 2.21. The van der Waals surface area contributed by atoms with E-state index < -0.39 is 0 Å². The molecule has 0 atom stereocenters. The van der Waals surface area contributed by atoms with Crippen LogP contribution in [0.3, 0.4) is 0 Å². The molecule has 0 heterocycles. The summed E-state index contributed by atoms with van der Waals surface area (Å²) in [5.74, 6) is 0.592. The van der Waals surface area contributed by atoms with Crippen molar-refractivity contribution < 1.29 is 9.53 Å². The van der Waals surface area contributed by atoms with Crippen molar-refractivity contribution in [1.29, 1.82) is 0 Å². The zero-order valence-corrected chi connectivity index (χ0v) is 13.3. The maximum Gasteiger partial charge on any atom is 0.307 e. The first kappa shape index (κ1) is 16.8. The summed E-state index contributed by atoms with van der Waals surface area (Å²) < 4.78 is 5.08. The molecular formula is C15H29N3O2. The second-order valence-corrected chi connectivity index (χ2v) is 5.85. The molecule has 0 aromatic rings. The Morgan fingerprint density at radius 3 is 2.50 bits per heavy atom. The van der Waals surface area contributed by atoms with Crippen molar-refractivity contribution in [1.82, 2.24) is 10.6 Å². The van der Waals surface area contributed by atoms with Gasteiger partial charge in [-0.05, 0) is 38.5 Å². The van der Waals surface area contributed by atoms with E-state index >= 15 is 0 Å². The van der Waals surface area contributed by atoms with E-state index in [1.54, 1.807) is 7.05 Å². The number of nitrogens with one attached hydrogen (secondary N) is 2. The van der Waals surface area contributed by atoms with Gasteiger partial charge in [-0.1, -0.05) is 13.3 Å². The van der Waals surface area contributed by atoms with E-state index in [1.165, 1.54) is 25.7 Å². The quantitative estimate of drug-likeness (QED) is 0.426. The zero-order valence-electron chi connectivity index (χ0n) is 13.3. The van der Waals surface area contributed by atoms with E-state index in [1.807, 2.05) is 13.8 Å². The van der Waals surface area contributed by atoms with Gasteiger partial charge in [0.1, 0.15) is 0 Å². The minimum atomic E-state index is -0.174. The first-order chi connectivity index (χ1) is 9.51. The van der Waals surface area contributed by atoms with Crippen LogP contribution in [0.15, 0.2) is 4.99 Å². The lowest BCUT2D eigenvalue weighted by atomic mass is 9.67. The Labute approximate surface area is 122 Å². The Kier molecular flexibility index (Phi) is 6.82. The molecule has 0 saturated heterocycles. The fraction of sp³-hybridized carbons (Fsp3) is 0.867. The Hall–Kier alpha value is -1.26. The van der Waals surface area contributed by atoms with Crippen LogP contribution in [0, 0.1) is 5.41 Å². The Morgan fingerprint density at radius 1 is 1.35 bits per heavy atom. The number of guanidine groups is 1. The van der Waals surface area contributed by atoms with Gasteiger partial charge in [-0.3, -0.25) is 9.79 Å². The number of hydrogen-bond donors (Lipinski definition) is 2. The zero-order chi connectivity index (χ0) is 15.0. The van der Waals surface area contributed by atoms with E-state index in [4.69, 9.17) is 4.74 Å². The topological polar surface area (TPSA) is 62.7 Å². The molecule has 0 radical (unpaired) electrons. The average Bonchev–Trinajstić information content (AvgIpc) is 2.34. The molecule has 0 aromatic carbocycles. The summed E-state index contributed by atoms with van der Waals surface area (Å²) >= 11 is 0. The van der Waals surface area contributed by atoms with Crippen LogP contribution >= 0.6 is 0 Å². The van der Waals surface area contributed by atoms with E-state index in [0.717, 1.165) is 12.5 Å². The monoisotopic (exact) mass is 283 g/mol. The van der Waals surface area contributed by atoms with Crippen molar-refractivity contribution in [2.75, 3.05) is 20.1 Å². The van der Waals surface area contributed by atoms with Gasteiger partial charge in [0.2, 0.25) is 0 Å². The highest BCUT2D eigenvalue weighted by Crippen LogP contribution is 2.42. The molecule has 1 fully saturated rings. The van der Waals surface area contributed by atoms with E-state index in [0.29, 0.717) is 18.4 Å². The minimum absolute atomic E-state index is 0.0528. The molecule has 0 aromatic heterocycles. The molecule has 0 unspecified atom stereocenters. The Morgan fingerprint density at radius 2 is 2.05 bits per heavy atom. The molecule has 20 heavy (non-hydrogen) atoms. The molecule has 5 heteroatoms. The number of esters is 1. The molecule has 2 N–H and O–H groups in total. The minimum Gasteiger partial charge on any atom is -0.463 e. The average molecular weight is 283 g/mol. The molecule has 0 amide bonds.